The topological polar surface area (TPSA) is 35.5 Å². The molecule has 0 aromatic carbocycles. The summed E-state index contributed by atoms with van der Waals surface area (Å²) in [6.07, 6.45) is 1.02. The van der Waals surface area contributed by atoms with Crippen LogP contribution in [0.1, 0.15) is 19.4 Å². The molecule has 0 spiro atoms. The summed E-state index contributed by atoms with van der Waals surface area (Å²) in [6.45, 7) is 5.32. The summed E-state index contributed by atoms with van der Waals surface area (Å²) in [5.41, 5.74) is 0.689. The van der Waals surface area contributed by atoms with E-state index in [-0.39, 0.29) is 0 Å². The summed E-state index contributed by atoms with van der Waals surface area (Å²) in [6, 6.07) is 2.54. The molecule has 0 radical (unpaired) electrons. The first-order valence-electron chi connectivity index (χ1n) is 6.00. The summed E-state index contributed by atoms with van der Waals surface area (Å²) in [5, 5.41) is 17.8. The van der Waals surface area contributed by atoms with Crippen molar-refractivity contribution >= 4 is 11.3 Å². The lowest BCUT2D eigenvalue weighted by Gasteiger charge is -2.28. The molecular formula is C13H24N2OS. The molecule has 0 amide bonds. The van der Waals surface area contributed by atoms with E-state index in [1.807, 2.05) is 25.9 Å². The van der Waals surface area contributed by atoms with E-state index in [0.717, 1.165) is 6.42 Å². The number of nitrogens with one attached hydrogen (secondary N) is 1. The maximum atomic E-state index is 10.2. The Balaban J connectivity index is 2.29. The van der Waals surface area contributed by atoms with Crippen molar-refractivity contribution in [2.24, 2.45) is 0 Å². The molecule has 17 heavy (non-hydrogen) atoms. The van der Waals surface area contributed by atoms with Crippen LogP contribution in [0.25, 0.3) is 0 Å². The van der Waals surface area contributed by atoms with Gasteiger partial charge in [0.15, 0.2) is 0 Å². The highest BCUT2D eigenvalue weighted by molar-refractivity contribution is 7.07. The molecule has 2 atom stereocenters. The van der Waals surface area contributed by atoms with E-state index in [0.29, 0.717) is 19.1 Å². The van der Waals surface area contributed by atoms with E-state index in [4.69, 9.17) is 0 Å². The zero-order valence-electron chi connectivity index (χ0n) is 11.2. The highest BCUT2D eigenvalue weighted by atomic mass is 32.1. The van der Waals surface area contributed by atoms with Gasteiger partial charge in [-0.3, -0.25) is 0 Å². The zero-order valence-corrected chi connectivity index (χ0v) is 12.0. The van der Waals surface area contributed by atoms with Crippen LogP contribution in [0.15, 0.2) is 16.8 Å². The Bertz CT molecular complexity index is 309. The molecule has 0 aliphatic carbocycles. The predicted molar refractivity (Wildman–Crippen MR) is 74.7 cm³/mol. The number of rotatable bonds is 7. The number of hydrogen-bond donors (Lipinski definition) is 2. The van der Waals surface area contributed by atoms with Crippen LogP contribution >= 0.6 is 11.3 Å². The second-order valence-corrected chi connectivity index (χ2v) is 6.13. The third-order valence-electron chi connectivity index (χ3n) is 2.61. The quantitative estimate of drug-likeness (QED) is 0.777. The van der Waals surface area contributed by atoms with Crippen LogP contribution in [0.3, 0.4) is 0 Å². The Morgan fingerprint density at radius 2 is 2.24 bits per heavy atom. The average Bonchev–Trinajstić information content (AvgIpc) is 2.65. The number of nitrogens with zero attached hydrogens (tertiary/aromatic N) is 1. The predicted octanol–water partition coefficient (Wildman–Crippen LogP) is 1.58. The Labute approximate surface area is 108 Å². The summed E-state index contributed by atoms with van der Waals surface area (Å²) >= 11 is 1.73. The summed E-state index contributed by atoms with van der Waals surface area (Å²) in [5.74, 6) is 0. The Morgan fingerprint density at radius 1 is 1.53 bits per heavy atom. The van der Waals surface area contributed by atoms with Crippen LogP contribution in [0, 0.1) is 0 Å². The van der Waals surface area contributed by atoms with E-state index < -0.39 is 5.60 Å². The van der Waals surface area contributed by atoms with Crippen molar-refractivity contribution < 1.29 is 5.11 Å². The van der Waals surface area contributed by atoms with Gasteiger partial charge in [0.25, 0.3) is 0 Å². The van der Waals surface area contributed by atoms with Crippen LogP contribution in [-0.4, -0.2) is 48.8 Å². The number of aliphatic hydroxyl groups is 1. The normalized spacial score (nSPS) is 17.1. The fourth-order valence-electron chi connectivity index (χ4n) is 1.97. The summed E-state index contributed by atoms with van der Waals surface area (Å²) in [7, 11) is 3.95. The van der Waals surface area contributed by atoms with Gasteiger partial charge in [-0.2, -0.15) is 11.3 Å². The SMILES string of the molecule is CC(Cc1ccsc1)NCC(C)(O)CN(C)C. The van der Waals surface area contributed by atoms with Crippen LogP contribution in [0.5, 0.6) is 0 Å². The molecule has 0 saturated carbocycles. The molecule has 0 aliphatic rings. The summed E-state index contributed by atoms with van der Waals surface area (Å²) < 4.78 is 0. The molecule has 0 bridgehead atoms. The molecule has 1 aromatic rings. The molecular weight excluding hydrogens is 232 g/mol. The van der Waals surface area contributed by atoms with Gasteiger partial charge in [0, 0.05) is 19.1 Å². The van der Waals surface area contributed by atoms with Crippen molar-refractivity contribution in [1.82, 2.24) is 10.2 Å². The minimum Gasteiger partial charge on any atom is -0.388 e. The first-order chi connectivity index (χ1) is 7.89. The first kappa shape index (κ1) is 14.6. The second-order valence-electron chi connectivity index (χ2n) is 5.35. The molecule has 4 heteroatoms. The lowest BCUT2D eigenvalue weighted by molar-refractivity contribution is 0.0318. The number of hydrogen-bond acceptors (Lipinski definition) is 4. The van der Waals surface area contributed by atoms with Crippen molar-refractivity contribution in [2.45, 2.75) is 31.9 Å². The number of thiophene rings is 1. The molecule has 0 fully saturated rings. The van der Waals surface area contributed by atoms with Gasteiger partial charge in [0.2, 0.25) is 0 Å². The molecule has 0 aliphatic heterocycles. The molecule has 3 nitrogen and oxygen atoms in total. The van der Waals surface area contributed by atoms with Crippen LogP contribution in [-0.2, 0) is 6.42 Å². The maximum absolute atomic E-state index is 10.2. The largest absolute Gasteiger partial charge is 0.388 e. The van der Waals surface area contributed by atoms with Crippen molar-refractivity contribution in [3.8, 4) is 0 Å². The third kappa shape index (κ3) is 6.17. The standard InChI is InChI=1S/C13H24N2OS/c1-11(7-12-5-6-17-8-12)14-9-13(2,16)10-15(3)4/h5-6,8,11,14,16H,7,9-10H2,1-4H3. The van der Waals surface area contributed by atoms with Gasteiger partial charge >= 0.3 is 0 Å². The van der Waals surface area contributed by atoms with Gasteiger partial charge in [-0.05, 0) is 56.8 Å². The van der Waals surface area contributed by atoms with Crippen LogP contribution < -0.4 is 5.32 Å². The van der Waals surface area contributed by atoms with E-state index in [1.165, 1.54) is 5.56 Å². The highest BCUT2D eigenvalue weighted by Crippen LogP contribution is 2.09. The van der Waals surface area contributed by atoms with Gasteiger partial charge in [0.05, 0.1) is 5.60 Å². The van der Waals surface area contributed by atoms with Crippen LogP contribution in [0.2, 0.25) is 0 Å². The van der Waals surface area contributed by atoms with Crippen LogP contribution in [0.4, 0.5) is 0 Å². The average molecular weight is 256 g/mol. The van der Waals surface area contributed by atoms with Crippen molar-refractivity contribution in [3.05, 3.63) is 22.4 Å². The second kappa shape index (κ2) is 6.50. The van der Waals surface area contributed by atoms with E-state index in [1.54, 1.807) is 11.3 Å². The smallest absolute Gasteiger partial charge is 0.0869 e. The highest BCUT2D eigenvalue weighted by Gasteiger charge is 2.21. The molecule has 2 unspecified atom stereocenters. The van der Waals surface area contributed by atoms with Gasteiger partial charge in [-0.1, -0.05) is 0 Å². The zero-order chi connectivity index (χ0) is 12.9. The monoisotopic (exact) mass is 256 g/mol. The molecule has 0 saturated heterocycles. The minimum absolute atomic E-state index is 0.387. The lowest BCUT2D eigenvalue weighted by atomic mass is 10.1. The van der Waals surface area contributed by atoms with E-state index in [9.17, 15) is 5.11 Å². The van der Waals surface area contributed by atoms with E-state index in [2.05, 4.69) is 29.1 Å². The Morgan fingerprint density at radius 3 is 2.76 bits per heavy atom. The maximum Gasteiger partial charge on any atom is 0.0869 e. The molecule has 2 N–H and O–H groups in total. The fourth-order valence-corrected chi connectivity index (χ4v) is 2.65. The summed E-state index contributed by atoms with van der Waals surface area (Å²) in [4.78, 5) is 2.01. The number of likely N-dealkylation sites (N-methyl/N-ethyl adjacent to an activating group) is 1. The van der Waals surface area contributed by atoms with Gasteiger partial charge in [-0.25, -0.2) is 0 Å². The van der Waals surface area contributed by atoms with Gasteiger partial charge in [0.1, 0.15) is 0 Å². The fraction of sp³-hybridized carbons (Fsp3) is 0.692. The van der Waals surface area contributed by atoms with Crippen molar-refractivity contribution in [3.63, 3.8) is 0 Å². The lowest BCUT2D eigenvalue weighted by Crippen LogP contribution is -2.48. The Kier molecular flexibility index (Phi) is 5.59. The molecule has 1 rings (SSSR count). The van der Waals surface area contributed by atoms with Gasteiger partial charge < -0.3 is 15.3 Å². The third-order valence-corrected chi connectivity index (χ3v) is 3.34. The Hall–Kier alpha value is -0.420. The first-order valence-corrected chi connectivity index (χ1v) is 6.95. The molecule has 98 valence electrons. The molecule has 1 heterocycles. The van der Waals surface area contributed by atoms with Crippen molar-refractivity contribution in [2.75, 3.05) is 27.2 Å². The van der Waals surface area contributed by atoms with Gasteiger partial charge in [-0.15, -0.1) is 0 Å². The van der Waals surface area contributed by atoms with E-state index >= 15 is 0 Å². The molecule has 1 aromatic heterocycles. The minimum atomic E-state index is -0.674. The van der Waals surface area contributed by atoms with Crippen molar-refractivity contribution in [1.29, 1.82) is 0 Å².